The van der Waals surface area contributed by atoms with E-state index in [4.69, 9.17) is 9.47 Å². The van der Waals surface area contributed by atoms with Gasteiger partial charge in [0.05, 0.1) is 41.6 Å². The molecule has 0 bridgehead atoms. The summed E-state index contributed by atoms with van der Waals surface area (Å²) >= 11 is 0. The van der Waals surface area contributed by atoms with Crippen LogP contribution in [0.3, 0.4) is 0 Å². The summed E-state index contributed by atoms with van der Waals surface area (Å²) in [6.45, 7) is 0.402. The van der Waals surface area contributed by atoms with E-state index in [-0.39, 0.29) is 0 Å². The van der Waals surface area contributed by atoms with Crippen LogP contribution in [0.1, 0.15) is 28.2 Å². The number of nitrogens with one attached hydrogen (secondary N) is 2. The van der Waals surface area contributed by atoms with E-state index in [1.807, 2.05) is 85.0 Å². The largest absolute Gasteiger partial charge is 0.496 e. The Morgan fingerprint density at radius 3 is 2.76 bits per heavy atom. The van der Waals surface area contributed by atoms with Crippen molar-refractivity contribution in [3.8, 4) is 11.5 Å². The molecular formula is C27H23N5O2. The molecule has 0 amide bonds. The van der Waals surface area contributed by atoms with E-state index in [1.165, 1.54) is 0 Å². The first-order valence-electron chi connectivity index (χ1n) is 10.8. The lowest BCUT2D eigenvalue weighted by atomic mass is 10.1. The van der Waals surface area contributed by atoms with Gasteiger partial charge in [0, 0.05) is 17.8 Å². The molecule has 0 fully saturated rings. The van der Waals surface area contributed by atoms with Crippen molar-refractivity contribution in [1.82, 2.24) is 25.1 Å². The number of H-pyrrole nitrogens is 2. The summed E-state index contributed by atoms with van der Waals surface area (Å²) in [4.78, 5) is 11.7. The van der Waals surface area contributed by atoms with E-state index >= 15 is 0 Å². The lowest BCUT2D eigenvalue weighted by Crippen LogP contribution is -1.98. The second kappa shape index (κ2) is 9.87. The van der Waals surface area contributed by atoms with Gasteiger partial charge in [0.25, 0.3) is 0 Å². The van der Waals surface area contributed by atoms with Crippen molar-refractivity contribution in [3.05, 3.63) is 101 Å². The number of imidazole rings is 1. The van der Waals surface area contributed by atoms with Gasteiger partial charge in [-0.25, -0.2) is 4.98 Å². The summed E-state index contributed by atoms with van der Waals surface area (Å²) in [7, 11) is 1.65. The van der Waals surface area contributed by atoms with Crippen LogP contribution in [0.15, 0.2) is 73.2 Å². The maximum Gasteiger partial charge on any atom is 0.130 e. The zero-order valence-corrected chi connectivity index (χ0v) is 18.6. The van der Waals surface area contributed by atoms with Crippen molar-refractivity contribution >= 4 is 35.3 Å². The van der Waals surface area contributed by atoms with E-state index in [9.17, 15) is 0 Å². The summed E-state index contributed by atoms with van der Waals surface area (Å²) in [6, 6.07) is 19.6. The molecule has 5 aromatic rings. The third-order valence-electron chi connectivity index (χ3n) is 5.27. The number of benzene rings is 2. The molecule has 34 heavy (non-hydrogen) atoms. The molecule has 7 heteroatoms. The smallest absolute Gasteiger partial charge is 0.130 e. The predicted molar refractivity (Wildman–Crippen MR) is 134 cm³/mol. The fraction of sp³-hybridized carbons (Fsp3) is 0.0741. The highest BCUT2D eigenvalue weighted by molar-refractivity contribution is 5.80. The van der Waals surface area contributed by atoms with Crippen molar-refractivity contribution in [3.63, 3.8) is 0 Å². The number of aromatic nitrogens is 5. The summed E-state index contributed by atoms with van der Waals surface area (Å²) < 4.78 is 11.4. The predicted octanol–water partition coefficient (Wildman–Crippen LogP) is 5.61. The van der Waals surface area contributed by atoms with Crippen LogP contribution < -0.4 is 9.47 Å². The molecule has 3 aromatic heterocycles. The monoisotopic (exact) mass is 449 g/mol. The average Bonchev–Trinajstić information content (AvgIpc) is 3.55. The molecule has 0 unspecified atom stereocenters. The second-order valence-electron chi connectivity index (χ2n) is 7.61. The van der Waals surface area contributed by atoms with E-state index in [0.717, 1.165) is 50.7 Å². The maximum absolute atomic E-state index is 5.84. The molecule has 3 heterocycles. The number of methoxy groups -OCH3 is 1. The van der Waals surface area contributed by atoms with E-state index < -0.39 is 0 Å². The number of pyridine rings is 1. The van der Waals surface area contributed by atoms with Gasteiger partial charge in [0.2, 0.25) is 0 Å². The van der Waals surface area contributed by atoms with Crippen LogP contribution in [0.2, 0.25) is 0 Å². The Kier molecular flexibility index (Phi) is 6.16. The lowest BCUT2D eigenvalue weighted by molar-refractivity contribution is 0.299. The van der Waals surface area contributed by atoms with E-state index in [1.54, 1.807) is 19.6 Å². The Bertz CT molecular complexity index is 1450. The highest BCUT2D eigenvalue weighted by Gasteiger charge is 2.05. The number of fused-ring (bicyclic) bond motifs is 1. The van der Waals surface area contributed by atoms with E-state index in [0.29, 0.717) is 6.61 Å². The minimum Gasteiger partial charge on any atom is -0.496 e. The normalized spacial score (nSPS) is 11.6. The Morgan fingerprint density at radius 2 is 1.88 bits per heavy atom. The molecule has 0 saturated heterocycles. The SMILES string of the molecule is COc1cc(OCc2ccccn2)ccc1C=Cc1cc(C=Cc2ccc3[nH]cnc3c2)n[nH]1. The molecule has 2 N–H and O–H groups in total. The number of hydrogen-bond donors (Lipinski definition) is 2. The molecule has 7 nitrogen and oxygen atoms in total. The topological polar surface area (TPSA) is 88.7 Å². The van der Waals surface area contributed by atoms with Crippen molar-refractivity contribution in [2.24, 2.45) is 0 Å². The first kappa shape index (κ1) is 21.2. The van der Waals surface area contributed by atoms with Crippen LogP contribution in [0.4, 0.5) is 0 Å². The molecule has 5 rings (SSSR count). The number of ether oxygens (including phenoxy) is 2. The van der Waals surface area contributed by atoms with Gasteiger partial charge in [-0.3, -0.25) is 10.1 Å². The summed E-state index contributed by atoms with van der Waals surface area (Å²) in [6.07, 6.45) is 11.4. The third-order valence-corrected chi connectivity index (χ3v) is 5.27. The van der Waals surface area contributed by atoms with E-state index in [2.05, 4.69) is 25.1 Å². The number of hydrogen-bond acceptors (Lipinski definition) is 5. The molecular weight excluding hydrogens is 426 g/mol. The quantitative estimate of drug-likeness (QED) is 0.321. The van der Waals surface area contributed by atoms with Crippen LogP contribution in [0, 0.1) is 0 Å². The van der Waals surface area contributed by atoms with Gasteiger partial charge >= 0.3 is 0 Å². The summed E-state index contributed by atoms with van der Waals surface area (Å²) in [5, 5.41) is 7.41. The Morgan fingerprint density at radius 1 is 0.912 bits per heavy atom. The molecule has 0 aliphatic rings. The Labute approximate surface area is 196 Å². The van der Waals surface area contributed by atoms with Crippen molar-refractivity contribution in [2.75, 3.05) is 7.11 Å². The Balaban J connectivity index is 1.24. The van der Waals surface area contributed by atoms with Crippen LogP contribution in [-0.4, -0.2) is 32.3 Å². The van der Waals surface area contributed by atoms with Gasteiger partial charge in [-0.05, 0) is 66.3 Å². The molecule has 0 spiro atoms. The summed E-state index contributed by atoms with van der Waals surface area (Å²) in [5.41, 5.74) is 6.56. The highest BCUT2D eigenvalue weighted by atomic mass is 16.5. The molecule has 0 radical (unpaired) electrons. The summed E-state index contributed by atoms with van der Waals surface area (Å²) in [5.74, 6) is 1.45. The lowest BCUT2D eigenvalue weighted by Gasteiger charge is -2.09. The van der Waals surface area contributed by atoms with Gasteiger partial charge in [-0.2, -0.15) is 5.10 Å². The zero-order valence-electron chi connectivity index (χ0n) is 18.6. The Hall–Kier alpha value is -4.65. The first-order valence-corrected chi connectivity index (χ1v) is 10.8. The number of rotatable bonds is 8. The van der Waals surface area contributed by atoms with Crippen molar-refractivity contribution in [1.29, 1.82) is 0 Å². The maximum atomic E-state index is 5.84. The van der Waals surface area contributed by atoms with Gasteiger partial charge in [0.1, 0.15) is 18.1 Å². The van der Waals surface area contributed by atoms with Crippen LogP contribution in [0.5, 0.6) is 11.5 Å². The third kappa shape index (κ3) is 5.05. The molecule has 0 saturated carbocycles. The minimum atomic E-state index is 0.402. The van der Waals surface area contributed by atoms with Gasteiger partial charge in [-0.1, -0.05) is 18.2 Å². The fourth-order valence-electron chi connectivity index (χ4n) is 3.50. The van der Waals surface area contributed by atoms with Crippen LogP contribution >= 0.6 is 0 Å². The van der Waals surface area contributed by atoms with Gasteiger partial charge in [0.15, 0.2) is 0 Å². The standard InChI is InChI=1S/C27H23N5O2/c1-33-27-16-24(34-17-23-4-2-3-13-28-23)11-8-20(27)7-10-22-15-21(31-32-22)9-5-19-6-12-25-26(14-19)30-18-29-25/h2-16,18H,17H2,1H3,(H,29,30)(H,31,32). The molecule has 0 atom stereocenters. The van der Waals surface area contributed by atoms with Crippen molar-refractivity contribution in [2.45, 2.75) is 6.61 Å². The second-order valence-corrected chi connectivity index (χ2v) is 7.61. The van der Waals surface area contributed by atoms with Crippen LogP contribution in [0.25, 0.3) is 35.3 Å². The molecule has 2 aromatic carbocycles. The molecule has 0 aliphatic carbocycles. The van der Waals surface area contributed by atoms with Gasteiger partial charge < -0.3 is 14.5 Å². The molecule has 168 valence electrons. The minimum absolute atomic E-state index is 0.402. The molecule has 0 aliphatic heterocycles. The highest BCUT2D eigenvalue weighted by Crippen LogP contribution is 2.27. The van der Waals surface area contributed by atoms with Gasteiger partial charge in [-0.15, -0.1) is 0 Å². The first-order chi connectivity index (χ1) is 16.8. The number of nitrogens with zero attached hydrogens (tertiary/aromatic N) is 3. The zero-order chi connectivity index (χ0) is 23.2. The number of aromatic amines is 2. The van der Waals surface area contributed by atoms with Crippen LogP contribution in [-0.2, 0) is 6.61 Å². The van der Waals surface area contributed by atoms with Crippen molar-refractivity contribution < 1.29 is 9.47 Å². The fourth-order valence-corrected chi connectivity index (χ4v) is 3.50. The average molecular weight is 450 g/mol.